The molecule has 1 aliphatic heterocycles. The summed E-state index contributed by atoms with van der Waals surface area (Å²) in [6, 6.07) is 5.68. The second kappa shape index (κ2) is 6.80. The van der Waals surface area contributed by atoms with Gasteiger partial charge in [-0.2, -0.15) is 0 Å². The number of anilines is 1. The summed E-state index contributed by atoms with van der Waals surface area (Å²) < 4.78 is 5.17. The number of thioether (sulfide) groups is 1. The number of ether oxygens (including phenoxy) is 1. The number of carbonyl (C=O) groups excluding carboxylic acids is 2. The molecule has 0 saturated carbocycles. The summed E-state index contributed by atoms with van der Waals surface area (Å²) in [6.07, 6.45) is 0.0217. The van der Waals surface area contributed by atoms with Gasteiger partial charge in [0.05, 0.1) is 18.0 Å². The van der Waals surface area contributed by atoms with Crippen molar-refractivity contribution in [2.45, 2.75) is 17.7 Å². The molecule has 0 bridgehead atoms. The number of nitrogens with zero attached hydrogens (tertiary/aromatic N) is 1. The maximum atomic E-state index is 12.4. The zero-order valence-corrected chi connectivity index (χ0v) is 12.7. The zero-order valence-electron chi connectivity index (χ0n) is 11.9. The summed E-state index contributed by atoms with van der Waals surface area (Å²) in [5.74, 6) is -1.35. The molecule has 0 spiro atoms. The number of methoxy groups -OCH3 is 1. The third kappa shape index (κ3) is 3.23. The third-order valence-corrected chi connectivity index (χ3v) is 4.55. The highest BCUT2D eigenvalue weighted by atomic mass is 32.2. The van der Waals surface area contributed by atoms with Crippen LogP contribution in [0, 0.1) is 0 Å². The Morgan fingerprint density at radius 2 is 2.18 bits per heavy atom. The van der Waals surface area contributed by atoms with E-state index in [0.29, 0.717) is 11.4 Å². The normalized spacial score (nSPS) is 19.4. The van der Waals surface area contributed by atoms with Gasteiger partial charge >= 0.3 is 5.97 Å². The van der Waals surface area contributed by atoms with Crippen molar-refractivity contribution >= 4 is 35.2 Å². The molecular weight excluding hydrogens is 308 g/mol. The number of imide groups is 1. The lowest BCUT2D eigenvalue weighted by atomic mass is 10.2. The summed E-state index contributed by atoms with van der Waals surface area (Å²) in [4.78, 5) is 36.3. The molecule has 1 aromatic rings. The van der Waals surface area contributed by atoms with E-state index in [9.17, 15) is 14.4 Å². The second-order valence-electron chi connectivity index (χ2n) is 4.71. The fraction of sp³-hybridized carbons (Fsp3) is 0.357. The van der Waals surface area contributed by atoms with Crippen LogP contribution in [0.15, 0.2) is 24.3 Å². The maximum absolute atomic E-state index is 12.4. The molecule has 1 fully saturated rings. The zero-order chi connectivity index (χ0) is 16.3. The molecule has 1 aromatic carbocycles. The number of nitrogens with two attached hydrogens (primary N) is 1. The van der Waals surface area contributed by atoms with Gasteiger partial charge in [0.2, 0.25) is 11.8 Å². The first-order chi connectivity index (χ1) is 10.5. The van der Waals surface area contributed by atoms with Gasteiger partial charge in [-0.25, -0.2) is 4.90 Å². The van der Waals surface area contributed by atoms with Crippen LogP contribution < -0.4 is 15.4 Å². The molecule has 0 aliphatic carbocycles. The number of benzene rings is 1. The van der Waals surface area contributed by atoms with Crippen molar-refractivity contribution in [1.29, 1.82) is 0 Å². The van der Waals surface area contributed by atoms with Crippen molar-refractivity contribution in [2.75, 3.05) is 17.8 Å². The van der Waals surface area contributed by atoms with Gasteiger partial charge in [0.1, 0.15) is 11.8 Å². The van der Waals surface area contributed by atoms with E-state index in [4.69, 9.17) is 15.6 Å². The highest BCUT2D eigenvalue weighted by molar-refractivity contribution is 8.00. The van der Waals surface area contributed by atoms with Gasteiger partial charge in [-0.05, 0) is 12.1 Å². The fourth-order valence-corrected chi connectivity index (χ4v) is 3.18. The fourth-order valence-electron chi connectivity index (χ4n) is 2.09. The predicted molar refractivity (Wildman–Crippen MR) is 82.0 cm³/mol. The van der Waals surface area contributed by atoms with Gasteiger partial charge in [0.15, 0.2) is 0 Å². The lowest BCUT2D eigenvalue weighted by Crippen LogP contribution is -2.35. The quantitative estimate of drug-likeness (QED) is 0.732. The number of hydrogen-bond donors (Lipinski definition) is 2. The van der Waals surface area contributed by atoms with Crippen LogP contribution in [0.25, 0.3) is 0 Å². The van der Waals surface area contributed by atoms with Crippen LogP contribution in [0.5, 0.6) is 5.75 Å². The minimum absolute atomic E-state index is 0.0217. The van der Waals surface area contributed by atoms with Crippen molar-refractivity contribution in [2.24, 2.45) is 5.73 Å². The molecule has 1 aliphatic rings. The smallest absolute Gasteiger partial charge is 0.321 e. The van der Waals surface area contributed by atoms with Crippen LogP contribution in [0.3, 0.4) is 0 Å². The summed E-state index contributed by atoms with van der Waals surface area (Å²) >= 11 is 1.09. The summed E-state index contributed by atoms with van der Waals surface area (Å²) in [6.45, 7) is 0. The van der Waals surface area contributed by atoms with Gasteiger partial charge in [0, 0.05) is 12.2 Å². The average Bonchev–Trinajstić information content (AvgIpc) is 2.78. The Balaban J connectivity index is 2.14. The summed E-state index contributed by atoms with van der Waals surface area (Å²) in [5, 5.41) is 8.13. The van der Waals surface area contributed by atoms with Gasteiger partial charge in [0.25, 0.3) is 0 Å². The molecule has 1 heterocycles. The molecule has 22 heavy (non-hydrogen) atoms. The van der Waals surface area contributed by atoms with E-state index < -0.39 is 17.3 Å². The van der Waals surface area contributed by atoms with Gasteiger partial charge in [-0.3, -0.25) is 14.4 Å². The Hall–Kier alpha value is -2.06. The third-order valence-electron chi connectivity index (χ3n) is 3.23. The van der Waals surface area contributed by atoms with Crippen molar-refractivity contribution < 1.29 is 24.2 Å². The molecule has 2 rings (SSSR count). The first-order valence-corrected chi connectivity index (χ1v) is 7.60. The highest BCUT2D eigenvalue weighted by Gasteiger charge is 2.41. The maximum Gasteiger partial charge on any atom is 0.321 e. The Bertz CT molecular complexity index is 607. The van der Waals surface area contributed by atoms with Gasteiger partial charge in [-0.15, -0.1) is 11.8 Å². The Labute approximate surface area is 131 Å². The van der Waals surface area contributed by atoms with Crippen LogP contribution in [-0.2, 0) is 14.4 Å². The SMILES string of the molecule is COc1ccccc1N1C(=O)C[C@@H](SC[C@H](N)C(=O)O)C1=O. The molecule has 8 heteroatoms. The second-order valence-corrected chi connectivity index (χ2v) is 5.95. The largest absolute Gasteiger partial charge is 0.495 e. The summed E-state index contributed by atoms with van der Waals surface area (Å²) in [5.41, 5.74) is 5.81. The standard InChI is InChI=1S/C14H16N2O5S/c1-21-10-5-3-2-4-9(10)16-12(17)6-11(13(16)18)22-7-8(15)14(19)20/h2-5,8,11H,6-7,15H2,1H3,(H,19,20)/t8-,11+/m0/s1. The van der Waals surface area contributed by atoms with E-state index in [0.717, 1.165) is 16.7 Å². The van der Waals surface area contributed by atoms with Crippen LogP contribution >= 0.6 is 11.8 Å². The Morgan fingerprint density at radius 3 is 2.82 bits per heavy atom. The number of amides is 2. The van der Waals surface area contributed by atoms with Crippen molar-refractivity contribution in [3.8, 4) is 5.75 Å². The molecule has 2 amide bonds. The van der Waals surface area contributed by atoms with E-state index in [-0.39, 0.29) is 24.0 Å². The number of carbonyl (C=O) groups is 3. The topological polar surface area (TPSA) is 110 Å². The molecule has 1 saturated heterocycles. The molecule has 2 atom stereocenters. The minimum atomic E-state index is -1.13. The van der Waals surface area contributed by atoms with Crippen LogP contribution in [0.4, 0.5) is 5.69 Å². The van der Waals surface area contributed by atoms with Gasteiger partial charge in [-0.1, -0.05) is 12.1 Å². The van der Waals surface area contributed by atoms with Crippen molar-refractivity contribution in [3.05, 3.63) is 24.3 Å². The molecular formula is C14H16N2O5S. The lowest BCUT2D eigenvalue weighted by molar-refractivity contribution is -0.138. The predicted octanol–water partition coefficient (Wildman–Crippen LogP) is 0.472. The first-order valence-electron chi connectivity index (χ1n) is 6.55. The number of rotatable bonds is 6. The van der Waals surface area contributed by atoms with Crippen LogP contribution in [0.1, 0.15) is 6.42 Å². The number of carboxylic acid groups (broad SMARTS) is 1. The number of hydrogen-bond acceptors (Lipinski definition) is 6. The first kappa shape index (κ1) is 16.3. The monoisotopic (exact) mass is 324 g/mol. The molecule has 0 aromatic heterocycles. The van der Waals surface area contributed by atoms with Crippen molar-refractivity contribution in [1.82, 2.24) is 0 Å². The van der Waals surface area contributed by atoms with E-state index >= 15 is 0 Å². The molecule has 118 valence electrons. The van der Waals surface area contributed by atoms with Gasteiger partial charge < -0.3 is 15.6 Å². The van der Waals surface area contributed by atoms with Crippen LogP contribution in [-0.4, -0.2) is 47.0 Å². The van der Waals surface area contributed by atoms with Crippen molar-refractivity contribution in [3.63, 3.8) is 0 Å². The van der Waals surface area contributed by atoms with E-state index in [2.05, 4.69) is 0 Å². The van der Waals surface area contributed by atoms with E-state index in [1.54, 1.807) is 24.3 Å². The van der Waals surface area contributed by atoms with Crippen LogP contribution in [0.2, 0.25) is 0 Å². The Morgan fingerprint density at radius 1 is 1.50 bits per heavy atom. The number of para-hydroxylation sites is 2. The molecule has 7 nitrogen and oxygen atoms in total. The average molecular weight is 324 g/mol. The number of aliphatic carboxylic acids is 1. The molecule has 0 unspecified atom stereocenters. The van der Waals surface area contributed by atoms with E-state index in [1.807, 2.05) is 0 Å². The number of carboxylic acids is 1. The summed E-state index contributed by atoms with van der Waals surface area (Å²) in [7, 11) is 1.46. The Kier molecular flexibility index (Phi) is 5.04. The van der Waals surface area contributed by atoms with E-state index in [1.165, 1.54) is 7.11 Å². The molecule has 3 N–H and O–H groups in total. The highest BCUT2D eigenvalue weighted by Crippen LogP contribution is 2.35. The minimum Gasteiger partial charge on any atom is -0.495 e. The lowest BCUT2D eigenvalue weighted by Gasteiger charge is -2.18. The molecule has 0 radical (unpaired) electrons.